The van der Waals surface area contributed by atoms with Gasteiger partial charge in [-0.05, 0) is 127 Å². The topological polar surface area (TPSA) is 106 Å². The molecule has 0 atom stereocenters. The molecule has 13 heteroatoms. The number of fused-ring (bicyclic) bond motifs is 4. The molecule has 2 aliphatic rings. The molecule has 8 aromatic rings. The summed E-state index contributed by atoms with van der Waals surface area (Å²) in [6.45, 7) is -22.1. The van der Waals surface area contributed by atoms with Crippen molar-refractivity contribution in [3.05, 3.63) is 141 Å². The number of piperazine rings is 2. The highest BCUT2D eigenvalue weighted by atomic mass is 35.5. The van der Waals surface area contributed by atoms with Gasteiger partial charge in [0, 0.05) is 125 Å². The summed E-state index contributed by atoms with van der Waals surface area (Å²) in [4.78, 5) is 30.1. The summed E-state index contributed by atoms with van der Waals surface area (Å²) in [5.74, 6) is 1.96. The fourth-order valence-electron chi connectivity index (χ4n) is 6.59. The van der Waals surface area contributed by atoms with Crippen molar-refractivity contribution in [3.63, 3.8) is 0 Å². The Labute approximate surface area is 418 Å². The van der Waals surface area contributed by atoms with E-state index >= 15 is 0 Å². The molecule has 0 radical (unpaired) electrons. The number of unbranched alkanes of at least 4 members (excludes halogenated alkanes) is 2. The Morgan fingerprint density at radius 2 is 1.08 bits per heavy atom. The molecule has 2 aliphatic heterocycles. The van der Waals surface area contributed by atoms with Gasteiger partial charge in [-0.15, -0.1) is 34.3 Å². The molecular formula is C52H63ClN6O4S2. The summed E-state index contributed by atoms with van der Waals surface area (Å²) in [6.07, 6.45) is 2.50. The van der Waals surface area contributed by atoms with Gasteiger partial charge in [-0.2, -0.15) is 0 Å². The number of rotatable bonds is 13. The first-order valence-electron chi connectivity index (χ1n) is 28.2. The third kappa shape index (κ3) is 13.4. The van der Waals surface area contributed by atoms with E-state index < -0.39 is 52.0 Å². The third-order valence-electron chi connectivity index (χ3n) is 9.72. The first kappa shape index (κ1) is 31.5. The standard InChI is InChI=1S/C25H27N3O2S.C13H14ClNO2.C12H14N2S.2CH4/c29-25-9-7-19-6-8-20(18-22(19)26-25)30-16-2-1-11-27-12-14-28(15-13-27)23-4-3-5-24-21(23)10-17-31-24;14-7-1-2-8-17-11-5-3-10-4-6-13(16)15-12(10)9-11;1-2-11(14-7-5-13-6-8-14)10-4-9-15-12(10)3-1;;/h3-10,17-18H,1-2,11-16H2,(H,26,29);3-6,9H,1-2,7-8H2,(H,15,16);1-4,9,13H,5-8H2;2*1H4/i12D2,13D2,14D2,15D2;;5D2,6D2,7D2,8D2;;. The van der Waals surface area contributed by atoms with E-state index in [4.69, 9.17) is 43.0 Å². The number of alkyl halides is 1. The highest BCUT2D eigenvalue weighted by molar-refractivity contribution is 7.17. The van der Waals surface area contributed by atoms with Gasteiger partial charge in [-0.1, -0.05) is 27.0 Å². The van der Waals surface area contributed by atoms with Crippen molar-refractivity contribution in [1.82, 2.24) is 20.2 Å². The summed E-state index contributed by atoms with van der Waals surface area (Å²) in [7, 11) is 0. The van der Waals surface area contributed by atoms with E-state index in [2.05, 4.69) is 9.97 Å². The maximum atomic E-state index is 11.6. The maximum absolute atomic E-state index is 11.6. The Balaban J connectivity index is 0.000000213. The third-order valence-corrected chi connectivity index (χ3v) is 11.7. The molecular weight excluding hydrogens is 872 g/mol. The van der Waals surface area contributed by atoms with Crippen molar-refractivity contribution in [3.8, 4) is 11.5 Å². The van der Waals surface area contributed by atoms with E-state index in [9.17, 15) is 9.59 Å². The lowest BCUT2D eigenvalue weighted by Gasteiger charge is -2.36. The molecule has 4 aromatic heterocycles. The van der Waals surface area contributed by atoms with E-state index in [0.29, 0.717) is 55.6 Å². The van der Waals surface area contributed by atoms with E-state index in [1.165, 1.54) is 46.9 Å². The molecule has 344 valence electrons. The number of H-pyrrole nitrogens is 2. The fourth-order valence-corrected chi connectivity index (χ4v) is 8.39. The van der Waals surface area contributed by atoms with Crippen LogP contribution in [0.25, 0.3) is 42.0 Å². The predicted octanol–water partition coefficient (Wildman–Crippen LogP) is 11.2. The van der Waals surface area contributed by atoms with E-state index in [-0.39, 0.29) is 56.9 Å². The second-order valence-corrected chi connectivity index (χ2v) is 16.3. The number of nitrogens with zero attached hydrogens (tertiary/aromatic N) is 3. The van der Waals surface area contributed by atoms with Gasteiger partial charge in [0.15, 0.2) is 0 Å². The van der Waals surface area contributed by atoms with Crippen molar-refractivity contribution in [2.24, 2.45) is 0 Å². The van der Waals surface area contributed by atoms with Gasteiger partial charge in [0.05, 0.1) is 35.2 Å². The number of thiophene rings is 2. The molecule has 0 bridgehead atoms. The lowest BCUT2D eigenvalue weighted by atomic mass is 10.2. The second-order valence-electron chi connectivity index (χ2n) is 14.0. The Kier molecular flexibility index (Phi) is 12.0. The molecule has 2 saturated heterocycles. The van der Waals surface area contributed by atoms with Crippen LogP contribution in [0.5, 0.6) is 11.5 Å². The molecule has 0 aliphatic carbocycles. The Hall–Kier alpha value is -5.37. The normalized spacial score (nSPS) is 23.8. The van der Waals surface area contributed by atoms with Crippen LogP contribution in [0.1, 0.15) is 62.5 Å². The highest BCUT2D eigenvalue weighted by Crippen LogP contribution is 2.32. The van der Waals surface area contributed by atoms with E-state index in [0.717, 1.165) is 44.3 Å². The van der Waals surface area contributed by atoms with Crippen LogP contribution in [0, 0.1) is 0 Å². The number of halogens is 1. The number of ether oxygens (including phenoxy) is 2. The first-order chi connectivity index (χ1) is 37.0. The smallest absolute Gasteiger partial charge is 0.248 e. The molecule has 6 heterocycles. The van der Waals surface area contributed by atoms with E-state index in [1.807, 2.05) is 29.6 Å². The van der Waals surface area contributed by atoms with Gasteiger partial charge in [0.2, 0.25) is 11.1 Å². The average Bonchev–Trinajstić information content (AvgIpc) is 3.93. The van der Waals surface area contributed by atoms with Gasteiger partial charge < -0.3 is 34.6 Å². The zero-order valence-electron chi connectivity index (χ0n) is 49.9. The molecule has 10 nitrogen and oxygen atoms in total. The number of aromatic nitrogens is 2. The molecule has 10 rings (SSSR count). The van der Waals surface area contributed by atoms with Gasteiger partial charge >= 0.3 is 0 Å². The molecule has 2 fully saturated rings. The maximum Gasteiger partial charge on any atom is 0.248 e. The minimum atomic E-state index is -2.91. The Morgan fingerprint density at radius 3 is 1.60 bits per heavy atom. The second kappa shape index (κ2) is 24.8. The first-order valence-corrected chi connectivity index (χ1v) is 22.5. The van der Waals surface area contributed by atoms with E-state index in [1.54, 1.807) is 71.4 Å². The molecule has 65 heavy (non-hydrogen) atoms. The van der Waals surface area contributed by atoms with Crippen LogP contribution >= 0.6 is 34.3 Å². The van der Waals surface area contributed by atoms with Gasteiger partial charge in [0.1, 0.15) is 11.5 Å². The number of hydrogen-bond acceptors (Lipinski definition) is 10. The predicted molar refractivity (Wildman–Crippen MR) is 280 cm³/mol. The lowest BCUT2D eigenvalue weighted by Crippen LogP contribution is -2.46. The van der Waals surface area contributed by atoms with Crippen LogP contribution in [0.15, 0.2) is 130 Å². The summed E-state index contributed by atoms with van der Waals surface area (Å²) in [6, 6.07) is 30.6. The Morgan fingerprint density at radius 1 is 0.585 bits per heavy atom. The molecule has 0 amide bonds. The van der Waals surface area contributed by atoms with Crippen molar-refractivity contribution in [2.75, 3.05) is 87.4 Å². The van der Waals surface area contributed by atoms with Crippen molar-refractivity contribution < 1.29 is 31.4 Å². The number of hydrogen-bond donors (Lipinski definition) is 3. The summed E-state index contributed by atoms with van der Waals surface area (Å²) in [5.41, 5.74) is 1.32. The van der Waals surface area contributed by atoms with Crippen LogP contribution < -0.4 is 35.7 Å². The van der Waals surface area contributed by atoms with Crippen molar-refractivity contribution in [2.45, 2.75) is 40.5 Å². The minimum absolute atomic E-state index is 0. The number of benzene rings is 4. The number of pyridine rings is 2. The van der Waals surface area contributed by atoms with Gasteiger partial charge in [0.25, 0.3) is 0 Å². The molecule has 4 aromatic carbocycles. The molecule has 0 unspecified atom stereocenters. The number of aromatic amines is 2. The zero-order valence-corrected chi connectivity index (χ0v) is 36.3. The molecule has 0 spiro atoms. The van der Waals surface area contributed by atoms with Gasteiger partial charge in [-0.25, -0.2) is 0 Å². The zero-order chi connectivity index (χ0) is 57.6. The van der Waals surface area contributed by atoms with Crippen LogP contribution in [0.2, 0.25) is 0 Å². The molecule has 3 N–H and O–H groups in total. The molecule has 0 saturated carbocycles. The number of anilines is 2. The summed E-state index contributed by atoms with van der Waals surface area (Å²) < 4.78 is 147. The SMILES string of the molecule is C.C.O=c1ccc2ccc(OCCCCCl)cc2[nH]1.[2H]C1([2H])N(CCCCOc2ccc3ccc(=O)[nH]c3c2)C([2H])([2H])C([2H])([2H])N(c2cccc3sccc23)C1([2H])[2H].[2H]C1([2H])NC([2H])([2H])C([2H])([2H])N(c2cccc3sccc23)C1([2H])[2H]. The monoisotopic (exact) mass is 951 g/mol. The number of nitrogens with one attached hydrogen (secondary N) is 3. The van der Waals surface area contributed by atoms with Gasteiger partial charge in [-0.3, -0.25) is 14.5 Å². The summed E-state index contributed by atoms with van der Waals surface area (Å²) >= 11 is 8.36. The Bertz CT molecular complexity index is 3530. The van der Waals surface area contributed by atoms with Crippen LogP contribution in [0.3, 0.4) is 0 Å². The fraction of sp³-hybridized carbons (Fsp3) is 0.346. The minimum Gasteiger partial charge on any atom is -0.494 e. The van der Waals surface area contributed by atoms with Crippen molar-refractivity contribution >= 4 is 87.6 Å². The van der Waals surface area contributed by atoms with Crippen molar-refractivity contribution in [1.29, 1.82) is 0 Å². The largest absolute Gasteiger partial charge is 0.494 e. The average molecular weight is 952 g/mol. The van der Waals surface area contributed by atoms with Crippen LogP contribution in [-0.2, 0) is 0 Å². The van der Waals surface area contributed by atoms with Crippen LogP contribution in [-0.4, -0.2) is 92.5 Å². The van der Waals surface area contributed by atoms with Crippen LogP contribution in [0.4, 0.5) is 11.4 Å². The lowest BCUT2D eigenvalue weighted by molar-refractivity contribution is 0.239. The highest BCUT2D eigenvalue weighted by Gasteiger charge is 2.19. The quantitative estimate of drug-likeness (QED) is 0.0775. The summed E-state index contributed by atoms with van der Waals surface area (Å²) in [5, 5.41) is 8.31.